The lowest BCUT2D eigenvalue weighted by atomic mass is 9.95. The van der Waals surface area contributed by atoms with E-state index in [2.05, 4.69) is 25.1 Å². The summed E-state index contributed by atoms with van der Waals surface area (Å²) in [4.78, 5) is 13.3. The van der Waals surface area contributed by atoms with Gasteiger partial charge in [0.1, 0.15) is 29.7 Å². The Morgan fingerprint density at radius 2 is 1.86 bits per heavy atom. The molecule has 3 unspecified atom stereocenters. The Kier molecular flexibility index (Phi) is 6.20. The van der Waals surface area contributed by atoms with Crippen molar-refractivity contribution in [3.63, 3.8) is 0 Å². The molecule has 11 heteroatoms. The molecule has 4 fully saturated rings. The second-order valence-electron chi connectivity index (χ2n) is 12.5. The average molecular weight is 594 g/mol. The van der Waals surface area contributed by atoms with Crippen LogP contribution < -0.4 is 15.0 Å². The highest BCUT2D eigenvalue weighted by Crippen LogP contribution is 2.42. The van der Waals surface area contributed by atoms with E-state index in [0.717, 1.165) is 57.1 Å². The standard InChI is InChI=1S/C32H31F4N5O2/c33-18-11-32(6-1-7-41(32)13-18)16-43-26-10-25(40-14-19-3-4-20(15-40)38-19)23-12-37-30(29(36)31(23)39-26)22-9-21(42)8-17-2-5-24(34)28(35)27(17)22/h2,5,8-10,12,18-20,38,42H,1,3-4,6-7,11,13-16H2/t18-,19?,20?,32?/m1/s1. The lowest BCUT2D eigenvalue weighted by molar-refractivity contribution is 0.111. The lowest BCUT2D eigenvalue weighted by Crippen LogP contribution is -2.51. The van der Waals surface area contributed by atoms with Crippen LogP contribution in [0.15, 0.2) is 36.5 Å². The first-order valence-corrected chi connectivity index (χ1v) is 14.9. The molecule has 2 aromatic heterocycles. The van der Waals surface area contributed by atoms with E-state index in [4.69, 9.17) is 4.74 Å². The van der Waals surface area contributed by atoms with Gasteiger partial charge in [-0.1, -0.05) is 6.07 Å². The molecule has 4 saturated heterocycles. The quantitative estimate of drug-likeness (QED) is 0.298. The van der Waals surface area contributed by atoms with Crippen LogP contribution in [0.4, 0.5) is 23.2 Å². The van der Waals surface area contributed by atoms with E-state index in [-0.39, 0.29) is 45.8 Å². The fourth-order valence-corrected chi connectivity index (χ4v) is 7.85. The molecule has 4 atom stereocenters. The number of hydrogen-bond donors (Lipinski definition) is 2. The van der Waals surface area contributed by atoms with E-state index in [9.17, 15) is 13.9 Å². The molecule has 6 heterocycles. The van der Waals surface area contributed by atoms with Gasteiger partial charge >= 0.3 is 0 Å². The van der Waals surface area contributed by atoms with Crippen molar-refractivity contribution in [2.24, 2.45) is 0 Å². The van der Waals surface area contributed by atoms with E-state index in [1.54, 1.807) is 0 Å². The van der Waals surface area contributed by atoms with Crippen molar-refractivity contribution in [2.45, 2.75) is 55.9 Å². The van der Waals surface area contributed by atoms with Crippen LogP contribution >= 0.6 is 0 Å². The molecule has 43 heavy (non-hydrogen) atoms. The third kappa shape index (κ3) is 4.38. The molecule has 2 bridgehead atoms. The number of pyridine rings is 2. The summed E-state index contributed by atoms with van der Waals surface area (Å²) in [5.41, 5.74) is -0.0432. The highest BCUT2D eigenvalue weighted by atomic mass is 19.2. The number of nitrogens with one attached hydrogen (secondary N) is 1. The number of halogens is 4. The number of phenolic OH excluding ortho intramolecular Hbond substituents is 1. The second kappa shape index (κ2) is 9.92. The van der Waals surface area contributed by atoms with E-state index in [0.29, 0.717) is 30.4 Å². The third-order valence-corrected chi connectivity index (χ3v) is 9.81. The van der Waals surface area contributed by atoms with Gasteiger partial charge in [-0.25, -0.2) is 22.5 Å². The number of aromatic hydroxyl groups is 1. The first kappa shape index (κ1) is 26.9. The summed E-state index contributed by atoms with van der Waals surface area (Å²) in [5.74, 6) is -3.10. The zero-order chi connectivity index (χ0) is 29.5. The van der Waals surface area contributed by atoms with Gasteiger partial charge in [-0.15, -0.1) is 0 Å². The number of fused-ring (bicyclic) bond motifs is 5. The Hall–Kier alpha value is -3.70. The maximum atomic E-state index is 16.6. The summed E-state index contributed by atoms with van der Waals surface area (Å²) in [5, 5.41) is 14.5. The van der Waals surface area contributed by atoms with Gasteiger partial charge in [0.15, 0.2) is 17.5 Å². The van der Waals surface area contributed by atoms with Crippen LogP contribution in [-0.2, 0) is 0 Å². The smallest absolute Gasteiger partial charge is 0.216 e. The number of hydrogen-bond acceptors (Lipinski definition) is 7. The number of nitrogens with zero attached hydrogens (tertiary/aromatic N) is 4. The Morgan fingerprint density at radius 3 is 2.67 bits per heavy atom. The highest BCUT2D eigenvalue weighted by molar-refractivity contribution is 6.00. The van der Waals surface area contributed by atoms with Gasteiger partial charge < -0.3 is 20.1 Å². The molecule has 0 radical (unpaired) electrons. The molecule has 4 aliphatic heterocycles. The molecule has 4 aromatic rings. The number of piperazine rings is 1. The van der Waals surface area contributed by atoms with Crippen molar-refractivity contribution in [3.05, 3.63) is 54.0 Å². The van der Waals surface area contributed by atoms with Gasteiger partial charge in [-0.2, -0.15) is 0 Å². The highest BCUT2D eigenvalue weighted by Gasteiger charge is 2.49. The van der Waals surface area contributed by atoms with Crippen molar-refractivity contribution in [2.75, 3.05) is 37.7 Å². The Morgan fingerprint density at radius 1 is 1.05 bits per heavy atom. The van der Waals surface area contributed by atoms with Crippen molar-refractivity contribution >= 4 is 27.4 Å². The van der Waals surface area contributed by atoms with Crippen molar-refractivity contribution < 1.29 is 27.4 Å². The average Bonchev–Trinajstić information content (AvgIpc) is 3.63. The molecular weight excluding hydrogens is 562 g/mol. The maximum absolute atomic E-state index is 16.6. The molecule has 8 rings (SSSR count). The molecule has 2 aromatic carbocycles. The Balaban J connectivity index is 1.26. The van der Waals surface area contributed by atoms with Crippen LogP contribution in [0.3, 0.4) is 0 Å². The molecule has 0 aliphatic carbocycles. The lowest BCUT2D eigenvalue weighted by Gasteiger charge is -2.35. The number of anilines is 1. The first-order valence-electron chi connectivity index (χ1n) is 14.9. The minimum atomic E-state index is -1.15. The predicted molar refractivity (Wildman–Crippen MR) is 155 cm³/mol. The summed E-state index contributed by atoms with van der Waals surface area (Å²) in [6, 6.07) is 7.19. The monoisotopic (exact) mass is 593 g/mol. The second-order valence-corrected chi connectivity index (χ2v) is 12.5. The number of ether oxygens (including phenoxy) is 1. The van der Waals surface area contributed by atoms with E-state index in [1.807, 2.05) is 6.07 Å². The third-order valence-electron chi connectivity index (χ3n) is 9.81. The van der Waals surface area contributed by atoms with Crippen molar-refractivity contribution in [1.82, 2.24) is 20.2 Å². The van der Waals surface area contributed by atoms with Gasteiger partial charge in [-0.3, -0.25) is 9.88 Å². The van der Waals surface area contributed by atoms with Gasteiger partial charge in [0.25, 0.3) is 0 Å². The van der Waals surface area contributed by atoms with Crippen LogP contribution in [0.25, 0.3) is 32.9 Å². The van der Waals surface area contributed by atoms with Gasteiger partial charge in [-0.05, 0) is 55.8 Å². The normalized spacial score (nSPS) is 27.0. The molecular formula is C32H31F4N5O2. The van der Waals surface area contributed by atoms with Gasteiger partial charge in [0, 0.05) is 66.7 Å². The number of rotatable bonds is 5. The minimum absolute atomic E-state index is 0.0211. The number of benzene rings is 2. The molecule has 224 valence electrons. The molecule has 7 nitrogen and oxygen atoms in total. The summed E-state index contributed by atoms with van der Waals surface area (Å²) in [7, 11) is 0. The fraction of sp³-hybridized carbons (Fsp3) is 0.438. The first-order chi connectivity index (χ1) is 20.8. The molecule has 0 amide bonds. The molecule has 2 N–H and O–H groups in total. The summed E-state index contributed by atoms with van der Waals surface area (Å²) in [6.07, 6.45) is 4.88. The summed E-state index contributed by atoms with van der Waals surface area (Å²) >= 11 is 0. The zero-order valence-electron chi connectivity index (χ0n) is 23.4. The number of alkyl halides is 1. The van der Waals surface area contributed by atoms with Crippen molar-refractivity contribution in [3.8, 4) is 22.9 Å². The largest absolute Gasteiger partial charge is 0.508 e. The van der Waals surface area contributed by atoms with E-state index in [1.165, 1.54) is 24.4 Å². The molecule has 0 spiro atoms. The van der Waals surface area contributed by atoms with E-state index < -0.39 is 29.2 Å². The number of aromatic nitrogens is 2. The number of phenols is 1. The minimum Gasteiger partial charge on any atom is -0.508 e. The fourth-order valence-electron chi connectivity index (χ4n) is 7.85. The van der Waals surface area contributed by atoms with Crippen LogP contribution in [0.1, 0.15) is 32.1 Å². The molecule has 4 aliphatic rings. The summed E-state index contributed by atoms with van der Waals surface area (Å²) in [6.45, 7) is 2.90. The topological polar surface area (TPSA) is 73.8 Å². The Bertz CT molecular complexity index is 1760. The summed E-state index contributed by atoms with van der Waals surface area (Å²) < 4.78 is 66.6. The predicted octanol–water partition coefficient (Wildman–Crippen LogP) is 5.47. The van der Waals surface area contributed by atoms with Crippen LogP contribution in [0.2, 0.25) is 0 Å². The van der Waals surface area contributed by atoms with Crippen LogP contribution in [0.5, 0.6) is 11.6 Å². The van der Waals surface area contributed by atoms with Crippen LogP contribution in [-0.4, -0.2) is 76.6 Å². The van der Waals surface area contributed by atoms with Crippen LogP contribution in [0, 0.1) is 17.5 Å². The van der Waals surface area contributed by atoms with Crippen molar-refractivity contribution in [1.29, 1.82) is 0 Å². The van der Waals surface area contributed by atoms with E-state index >= 15 is 8.78 Å². The van der Waals surface area contributed by atoms with Gasteiger partial charge in [0.05, 0.1) is 11.2 Å². The maximum Gasteiger partial charge on any atom is 0.216 e. The SMILES string of the molecule is Oc1cc(-c2ncc3c(N4CC5CCC(C4)N5)cc(OCC45CCCN4C[C@H](F)C5)nc3c2F)c2c(F)c(F)ccc2c1. The molecule has 0 saturated carbocycles. The Labute approximate surface area is 245 Å². The zero-order valence-corrected chi connectivity index (χ0v) is 23.4. The van der Waals surface area contributed by atoms with Gasteiger partial charge in [0.2, 0.25) is 5.88 Å².